The molecule has 0 unspecified atom stereocenters. The van der Waals surface area contributed by atoms with Crippen LogP contribution in [0.3, 0.4) is 0 Å². The van der Waals surface area contributed by atoms with Gasteiger partial charge in [-0.05, 0) is 60.1 Å². The molecule has 2 aromatic heterocycles. The standard InChI is InChI=1S/C26H26F2N4O2/c1-25(2)16-10-11-26(25,21-9-5-8-19(30-21)24(33)29-12-13-34-3)23-15(16)14-20(31-32-23)22-17(27)6-4-7-18(22)28/h4-9,14,16H,10-13H2,1-3H3,(H,29,33)/t16-,26+/m0/s1. The quantitative estimate of drug-likeness (QED) is 0.548. The number of benzene rings is 1. The molecule has 0 radical (unpaired) electrons. The van der Waals surface area contributed by atoms with Crippen LogP contribution in [0.1, 0.15) is 60.0 Å². The summed E-state index contributed by atoms with van der Waals surface area (Å²) in [4.78, 5) is 17.4. The molecule has 2 aliphatic carbocycles. The van der Waals surface area contributed by atoms with Gasteiger partial charge in [-0.1, -0.05) is 26.0 Å². The minimum atomic E-state index is -0.666. The van der Waals surface area contributed by atoms with Gasteiger partial charge < -0.3 is 10.1 Å². The molecule has 1 amide bonds. The number of carbonyl (C=O) groups is 1. The van der Waals surface area contributed by atoms with E-state index in [9.17, 15) is 13.6 Å². The van der Waals surface area contributed by atoms with Crippen LogP contribution >= 0.6 is 0 Å². The van der Waals surface area contributed by atoms with Gasteiger partial charge >= 0.3 is 0 Å². The van der Waals surface area contributed by atoms with Crippen molar-refractivity contribution in [3.05, 3.63) is 76.7 Å². The van der Waals surface area contributed by atoms with Gasteiger partial charge in [-0.3, -0.25) is 4.79 Å². The number of pyridine rings is 1. The maximum Gasteiger partial charge on any atom is 0.269 e. The molecule has 34 heavy (non-hydrogen) atoms. The van der Waals surface area contributed by atoms with E-state index in [0.717, 1.165) is 29.8 Å². The second-order valence-corrected chi connectivity index (χ2v) is 9.51. The fourth-order valence-electron chi connectivity index (χ4n) is 5.91. The largest absolute Gasteiger partial charge is 0.383 e. The van der Waals surface area contributed by atoms with Gasteiger partial charge in [-0.15, -0.1) is 5.10 Å². The molecule has 5 rings (SSSR count). The number of halogens is 2. The maximum absolute atomic E-state index is 14.4. The maximum atomic E-state index is 14.4. The molecule has 1 saturated carbocycles. The van der Waals surface area contributed by atoms with Gasteiger partial charge in [-0.25, -0.2) is 13.8 Å². The number of methoxy groups -OCH3 is 1. The first-order valence-electron chi connectivity index (χ1n) is 11.4. The van der Waals surface area contributed by atoms with Gasteiger partial charge in [0.1, 0.15) is 17.3 Å². The molecule has 0 spiro atoms. The Balaban J connectivity index is 1.59. The van der Waals surface area contributed by atoms with E-state index < -0.39 is 17.0 Å². The van der Waals surface area contributed by atoms with Crippen molar-refractivity contribution in [1.82, 2.24) is 20.5 Å². The van der Waals surface area contributed by atoms with E-state index in [2.05, 4.69) is 29.4 Å². The summed E-state index contributed by atoms with van der Waals surface area (Å²) < 4.78 is 33.9. The van der Waals surface area contributed by atoms with Gasteiger partial charge in [0.2, 0.25) is 0 Å². The van der Waals surface area contributed by atoms with Gasteiger partial charge in [-0.2, -0.15) is 5.10 Å². The van der Waals surface area contributed by atoms with Crippen LogP contribution in [0.15, 0.2) is 42.5 Å². The molecular formula is C26H26F2N4O2. The third kappa shape index (κ3) is 3.15. The number of nitrogens with one attached hydrogen (secondary N) is 1. The summed E-state index contributed by atoms with van der Waals surface area (Å²) >= 11 is 0. The molecule has 176 valence electrons. The summed E-state index contributed by atoms with van der Waals surface area (Å²) in [6, 6.07) is 11.0. The second-order valence-electron chi connectivity index (χ2n) is 9.51. The summed E-state index contributed by atoms with van der Waals surface area (Å²) in [5.41, 5.74) is 2.02. The Morgan fingerprint density at radius 1 is 1.15 bits per heavy atom. The number of aromatic nitrogens is 3. The summed E-state index contributed by atoms with van der Waals surface area (Å²) in [5, 5.41) is 11.6. The van der Waals surface area contributed by atoms with Gasteiger partial charge in [0, 0.05) is 13.7 Å². The third-order valence-electron chi connectivity index (χ3n) is 7.61. The lowest BCUT2D eigenvalue weighted by Crippen LogP contribution is -2.38. The zero-order valence-electron chi connectivity index (χ0n) is 19.4. The molecule has 8 heteroatoms. The van der Waals surface area contributed by atoms with E-state index in [1.165, 1.54) is 18.2 Å². The molecule has 3 aromatic rings. The number of fused-ring (bicyclic) bond motifs is 5. The lowest BCUT2D eigenvalue weighted by atomic mass is 9.66. The Bertz CT molecular complexity index is 1260. The average Bonchev–Trinajstić information content (AvgIpc) is 3.20. The Morgan fingerprint density at radius 2 is 1.88 bits per heavy atom. The second kappa shape index (κ2) is 8.20. The van der Waals surface area contributed by atoms with E-state index >= 15 is 0 Å². The Morgan fingerprint density at radius 3 is 2.62 bits per heavy atom. The van der Waals surface area contributed by atoms with Gasteiger partial charge in [0.05, 0.1) is 34.7 Å². The molecule has 1 N–H and O–H groups in total. The molecule has 1 aromatic carbocycles. The third-order valence-corrected chi connectivity index (χ3v) is 7.61. The van der Waals surface area contributed by atoms with Crippen LogP contribution in [0.25, 0.3) is 11.3 Å². The van der Waals surface area contributed by atoms with Crippen molar-refractivity contribution in [2.75, 3.05) is 20.3 Å². The fourth-order valence-corrected chi connectivity index (χ4v) is 5.91. The minimum Gasteiger partial charge on any atom is -0.383 e. The van der Waals surface area contributed by atoms with Crippen molar-refractivity contribution in [2.45, 2.75) is 38.0 Å². The summed E-state index contributed by atoms with van der Waals surface area (Å²) in [7, 11) is 1.58. The summed E-state index contributed by atoms with van der Waals surface area (Å²) in [6.07, 6.45) is 1.69. The Hall–Kier alpha value is -3.26. The van der Waals surface area contributed by atoms with Crippen LogP contribution in [0.5, 0.6) is 0 Å². The molecule has 0 saturated heterocycles. The number of ether oxygens (including phenoxy) is 1. The van der Waals surface area contributed by atoms with Crippen molar-refractivity contribution < 1.29 is 18.3 Å². The van der Waals surface area contributed by atoms with Crippen LogP contribution in [0.4, 0.5) is 8.78 Å². The number of rotatable bonds is 6. The highest BCUT2D eigenvalue weighted by atomic mass is 19.1. The molecular weight excluding hydrogens is 438 g/mol. The Labute approximate surface area is 196 Å². The number of hydrogen-bond donors (Lipinski definition) is 1. The van der Waals surface area contributed by atoms with Crippen molar-refractivity contribution in [1.29, 1.82) is 0 Å². The lowest BCUT2D eigenvalue weighted by Gasteiger charge is -2.37. The van der Waals surface area contributed by atoms with Crippen molar-refractivity contribution in [3.63, 3.8) is 0 Å². The highest BCUT2D eigenvalue weighted by Gasteiger charge is 2.65. The molecule has 6 nitrogen and oxygen atoms in total. The lowest BCUT2D eigenvalue weighted by molar-refractivity contribution is 0.0931. The predicted molar refractivity (Wildman–Crippen MR) is 122 cm³/mol. The molecule has 2 aliphatic rings. The first-order valence-corrected chi connectivity index (χ1v) is 11.4. The van der Waals surface area contributed by atoms with E-state index in [0.29, 0.717) is 18.8 Å². The fraction of sp³-hybridized carbons (Fsp3) is 0.385. The van der Waals surface area contributed by atoms with Gasteiger partial charge in [0.25, 0.3) is 5.91 Å². The van der Waals surface area contributed by atoms with E-state index in [1.807, 2.05) is 12.1 Å². The first kappa shape index (κ1) is 22.5. The molecule has 2 bridgehead atoms. The number of carbonyl (C=O) groups excluding carboxylic acids is 1. The molecule has 1 fully saturated rings. The van der Waals surface area contributed by atoms with E-state index in [1.54, 1.807) is 19.2 Å². The minimum absolute atomic E-state index is 0.132. The Kier molecular flexibility index (Phi) is 5.43. The predicted octanol–water partition coefficient (Wildman–Crippen LogP) is 4.40. The average molecular weight is 465 g/mol. The normalized spacial score (nSPS) is 22.0. The topological polar surface area (TPSA) is 77.0 Å². The van der Waals surface area contributed by atoms with Crippen molar-refractivity contribution >= 4 is 5.91 Å². The van der Waals surface area contributed by atoms with E-state index in [-0.39, 0.29) is 28.5 Å². The van der Waals surface area contributed by atoms with Crippen LogP contribution in [-0.2, 0) is 10.2 Å². The van der Waals surface area contributed by atoms with E-state index in [4.69, 9.17) is 9.72 Å². The summed E-state index contributed by atoms with van der Waals surface area (Å²) in [6.45, 7) is 5.15. The number of hydrogen-bond acceptors (Lipinski definition) is 5. The SMILES string of the molecule is COCCNC(=O)c1cccc([C@]23CC[C@@H](c4cc(-c5c(F)cccc5F)nnc42)C3(C)C)n1. The van der Waals surface area contributed by atoms with Crippen LogP contribution in [0.2, 0.25) is 0 Å². The first-order chi connectivity index (χ1) is 16.3. The van der Waals surface area contributed by atoms with Crippen LogP contribution < -0.4 is 5.32 Å². The number of amides is 1. The van der Waals surface area contributed by atoms with Gasteiger partial charge in [0.15, 0.2) is 0 Å². The zero-order valence-corrected chi connectivity index (χ0v) is 19.4. The van der Waals surface area contributed by atoms with Crippen molar-refractivity contribution in [3.8, 4) is 11.3 Å². The van der Waals surface area contributed by atoms with Crippen LogP contribution in [0, 0.1) is 17.0 Å². The zero-order chi connectivity index (χ0) is 24.1. The smallest absolute Gasteiger partial charge is 0.269 e. The highest BCUT2D eigenvalue weighted by Crippen LogP contribution is 2.69. The number of nitrogens with zero attached hydrogens (tertiary/aromatic N) is 3. The summed E-state index contributed by atoms with van der Waals surface area (Å²) in [5.74, 6) is -1.47. The molecule has 2 heterocycles. The monoisotopic (exact) mass is 464 g/mol. The molecule has 2 atom stereocenters. The highest BCUT2D eigenvalue weighted by molar-refractivity contribution is 5.92. The van der Waals surface area contributed by atoms with Crippen LogP contribution in [-0.4, -0.2) is 41.3 Å². The molecule has 0 aliphatic heterocycles. The van der Waals surface area contributed by atoms with Crippen molar-refractivity contribution in [2.24, 2.45) is 5.41 Å².